The molecule has 0 N–H and O–H groups in total. The summed E-state index contributed by atoms with van der Waals surface area (Å²) in [5.41, 5.74) is 0. The quantitative estimate of drug-likeness (QED) is 0.375. The standard InChI is InChI=1S/C16H37P.H/c1-5-9-13-17(14-10-6-2,15-11-7-3)16-12-8-4;/h17H,5-16H2,1-4H3;. The molecule has 107 valence electrons. The van der Waals surface area contributed by atoms with E-state index in [2.05, 4.69) is 27.7 Å². The molecule has 0 aliphatic heterocycles. The largest absolute Gasteiger partial charge is 0 e. The second-order valence-corrected chi connectivity index (χ2v) is 10.9. The Balaban J connectivity index is 0. The maximum absolute atomic E-state index is 2.36. The molecule has 0 bridgehead atoms. The molecule has 0 aromatic heterocycles. The summed E-state index contributed by atoms with van der Waals surface area (Å²) in [6.45, 7) is 9.44. The van der Waals surface area contributed by atoms with Crippen molar-refractivity contribution in [3.8, 4) is 0 Å². The summed E-state index contributed by atoms with van der Waals surface area (Å²) in [6, 6.07) is 0. The number of hydrogen-bond donors (Lipinski definition) is 0. The Morgan fingerprint density at radius 1 is 0.529 bits per heavy atom. The first kappa shape index (κ1) is 17.4. The van der Waals surface area contributed by atoms with E-state index in [1.807, 2.05) is 0 Å². The molecule has 0 atom stereocenters. The molecule has 0 fully saturated rings. The Hall–Kier alpha value is 0.430. The topological polar surface area (TPSA) is 0 Å². The maximum Gasteiger partial charge on any atom is 0 e. The van der Waals surface area contributed by atoms with Gasteiger partial charge < -0.3 is 0 Å². The maximum atomic E-state index is 2.36. The molecule has 0 amide bonds. The van der Waals surface area contributed by atoms with Crippen molar-refractivity contribution in [1.29, 1.82) is 0 Å². The van der Waals surface area contributed by atoms with Gasteiger partial charge in [-0.3, -0.25) is 0 Å². The Labute approximate surface area is 113 Å². The first-order chi connectivity index (χ1) is 8.24. The molecule has 0 aromatic rings. The van der Waals surface area contributed by atoms with Gasteiger partial charge >= 0.3 is 111 Å². The van der Waals surface area contributed by atoms with Crippen molar-refractivity contribution in [3.05, 3.63) is 0 Å². The van der Waals surface area contributed by atoms with Gasteiger partial charge in [-0.2, -0.15) is 0 Å². The summed E-state index contributed by atoms with van der Waals surface area (Å²) in [5.74, 6) is 0. The van der Waals surface area contributed by atoms with Crippen LogP contribution >= 0.6 is 7.26 Å². The third kappa shape index (κ3) is 8.20. The molecule has 0 aliphatic carbocycles. The second kappa shape index (κ2) is 11.5. The zero-order valence-electron chi connectivity index (χ0n) is 14.0. The molecule has 0 rings (SSSR count). The van der Waals surface area contributed by atoms with Crippen LogP contribution in [0, 0.1) is 0 Å². The molecule has 0 unspecified atom stereocenters. The molecule has 0 saturated carbocycles. The van der Waals surface area contributed by atoms with Gasteiger partial charge in [0.25, 0.3) is 0 Å². The predicted octanol–water partition coefficient (Wildman–Crippen LogP) is 6.05. The van der Waals surface area contributed by atoms with Gasteiger partial charge in [-0.25, -0.2) is 0 Å². The van der Waals surface area contributed by atoms with Crippen LogP contribution in [0.4, 0.5) is 0 Å². The number of rotatable bonds is 12. The van der Waals surface area contributed by atoms with Crippen LogP contribution in [-0.4, -0.2) is 24.6 Å². The Morgan fingerprint density at radius 3 is 0.941 bits per heavy atom. The number of hydrogen-bond acceptors (Lipinski definition) is 0. The minimum atomic E-state index is -0.879. The van der Waals surface area contributed by atoms with Crippen LogP contribution in [0.5, 0.6) is 0 Å². The molecule has 0 nitrogen and oxygen atoms in total. The molecule has 0 aliphatic rings. The van der Waals surface area contributed by atoms with Crippen LogP contribution in [0.1, 0.15) is 80.5 Å². The molecule has 0 aromatic carbocycles. The van der Waals surface area contributed by atoms with Crippen molar-refractivity contribution in [2.45, 2.75) is 79.1 Å². The van der Waals surface area contributed by atoms with E-state index in [1.165, 1.54) is 51.4 Å². The van der Waals surface area contributed by atoms with E-state index in [0.29, 0.717) is 0 Å². The van der Waals surface area contributed by atoms with Crippen molar-refractivity contribution in [1.82, 2.24) is 0 Å². The Bertz CT molecular complexity index is 122. The van der Waals surface area contributed by atoms with Gasteiger partial charge in [0.15, 0.2) is 0 Å². The molecular weight excluding hydrogens is 223 g/mol. The molecule has 0 heterocycles. The fourth-order valence-corrected chi connectivity index (χ4v) is 8.87. The van der Waals surface area contributed by atoms with Crippen LogP contribution in [-0.2, 0) is 0 Å². The Morgan fingerprint density at radius 2 is 0.765 bits per heavy atom. The fraction of sp³-hybridized carbons (Fsp3) is 1.00. The molecule has 0 spiro atoms. The average Bonchev–Trinajstić information content (AvgIpc) is 2.37. The molecule has 17 heavy (non-hydrogen) atoms. The van der Waals surface area contributed by atoms with E-state index < -0.39 is 7.26 Å². The summed E-state index contributed by atoms with van der Waals surface area (Å²) in [4.78, 5) is 0. The normalized spacial score (nSPS) is 12.9. The predicted molar refractivity (Wildman–Crippen MR) is 88.5 cm³/mol. The second-order valence-electron chi connectivity index (χ2n) is 5.91. The van der Waals surface area contributed by atoms with E-state index in [4.69, 9.17) is 0 Å². The van der Waals surface area contributed by atoms with Crippen LogP contribution in [0.25, 0.3) is 0 Å². The summed E-state index contributed by atoms with van der Waals surface area (Å²) in [5, 5.41) is 0. The van der Waals surface area contributed by atoms with Crippen molar-refractivity contribution < 1.29 is 1.43 Å². The van der Waals surface area contributed by atoms with Crippen LogP contribution in [0.3, 0.4) is 0 Å². The van der Waals surface area contributed by atoms with Gasteiger partial charge in [0, 0.05) is 1.43 Å². The smallest absolute Gasteiger partial charge is 0 e. The average molecular weight is 261 g/mol. The monoisotopic (exact) mass is 261 g/mol. The van der Waals surface area contributed by atoms with Gasteiger partial charge in [0.2, 0.25) is 0 Å². The van der Waals surface area contributed by atoms with Crippen LogP contribution < -0.4 is 0 Å². The van der Waals surface area contributed by atoms with Crippen LogP contribution in [0.2, 0.25) is 0 Å². The summed E-state index contributed by atoms with van der Waals surface area (Å²) in [6.07, 6.45) is 18.1. The van der Waals surface area contributed by atoms with Gasteiger partial charge in [-0.1, -0.05) is 0 Å². The Kier molecular flexibility index (Phi) is 11.8. The summed E-state index contributed by atoms with van der Waals surface area (Å²) >= 11 is 0. The first-order valence-electron chi connectivity index (χ1n) is 8.24. The van der Waals surface area contributed by atoms with Crippen LogP contribution in [0.15, 0.2) is 0 Å². The minimum Gasteiger partial charge on any atom is 0 e. The third-order valence-electron chi connectivity index (χ3n) is 4.24. The molecule has 1 radical (unpaired) electrons. The van der Waals surface area contributed by atoms with Gasteiger partial charge in [-0.15, -0.1) is 0 Å². The summed E-state index contributed by atoms with van der Waals surface area (Å²) in [7, 11) is -0.879. The van der Waals surface area contributed by atoms with Gasteiger partial charge in [-0.05, 0) is 0 Å². The zero-order valence-corrected chi connectivity index (χ0v) is 14.0. The molecule has 0 saturated heterocycles. The molecule has 1 heteroatoms. The van der Waals surface area contributed by atoms with E-state index in [0.717, 1.165) is 0 Å². The van der Waals surface area contributed by atoms with Crippen molar-refractivity contribution >= 4 is 7.26 Å². The SMILES string of the molecule is CCCC[PH](CCCC)(CCCC)CCCC.[H]. The van der Waals surface area contributed by atoms with Gasteiger partial charge in [0.05, 0.1) is 0 Å². The van der Waals surface area contributed by atoms with Crippen molar-refractivity contribution in [3.63, 3.8) is 0 Å². The van der Waals surface area contributed by atoms with E-state index in [1.54, 1.807) is 24.6 Å². The fourth-order valence-electron chi connectivity index (χ4n) is 2.96. The number of unbranched alkanes of at least 4 members (excludes halogenated alkanes) is 4. The van der Waals surface area contributed by atoms with E-state index in [9.17, 15) is 0 Å². The van der Waals surface area contributed by atoms with Crippen molar-refractivity contribution in [2.75, 3.05) is 24.6 Å². The van der Waals surface area contributed by atoms with Crippen molar-refractivity contribution in [2.24, 2.45) is 0 Å². The van der Waals surface area contributed by atoms with E-state index in [-0.39, 0.29) is 1.43 Å². The van der Waals surface area contributed by atoms with Gasteiger partial charge in [0.1, 0.15) is 0 Å². The molecular formula is C16H38P. The third-order valence-corrected chi connectivity index (χ3v) is 9.90. The first-order valence-corrected chi connectivity index (χ1v) is 11.1. The zero-order chi connectivity index (χ0) is 13.0. The van der Waals surface area contributed by atoms with E-state index >= 15 is 0 Å². The summed E-state index contributed by atoms with van der Waals surface area (Å²) < 4.78 is 0. The minimum absolute atomic E-state index is 0.